The zero-order chi connectivity index (χ0) is 18.8. The lowest BCUT2D eigenvalue weighted by atomic mass is 10.1. The highest BCUT2D eigenvalue weighted by molar-refractivity contribution is 6.43. The van der Waals surface area contributed by atoms with E-state index in [-0.39, 0.29) is 29.6 Å². The van der Waals surface area contributed by atoms with Gasteiger partial charge >= 0.3 is 0 Å². The fourth-order valence-electron chi connectivity index (χ4n) is 2.76. The minimum Gasteiger partial charge on any atom is -0.335 e. The van der Waals surface area contributed by atoms with Crippen molar-refractivity contribution in [1.82, 2.24) is 9.80 Å². The number of hydrogen-bond acceptors (Lipinski definition) is 2. The van der Waals surface area contributed by atoms with Crippen LogP contribution in [0.3, 0.4) is 0 Å². The Morgan fingerprint density at radius 3 is 2.08 bits per heavy atom. The van der Waals surface area contributed by atoms with Gasteiger partial charge in [0.05, 0.1) is 15.6 Å². The number of carbonyl (C=O) groups is 2. The summed E-state index contributed by atoms with van der Waals surface area (Å²) in [6.07, 6.45) is 0. The molecule has 3 rings (SSSR count). The standard InChI is InChI=1S/C18H14Cl2F2N2O2/c19-13-3-1-2-12(16(13)20)18(26)24-8-6-23(7-9-24)17(25)11-4-5-14(21)15(22)10-11/h1-5,10H,6-9H2. The van der Waals surface area contributed by atoms with Gasteiger partial charge in [0.15, 0.2) is 11.6 Å². The topological polar surface area (TPSA) is 40.6 Å². The molecule has 0 N–H and O–H groups in total. The van der Waals surface area contributed by atoms with Crippen molar-refractivity contribution in [1.29, 1.82) is 0 Å². The van der Waals surface area contributed by atoms with Crippen LogP contribution in [0.2, 0.25) is 10.0 Å². The summed E-state index contributed by atoms with van der Waals surface area (Å²) in [5.74, 6) is -2.75. The highest BCUT2D eigenvalue weighted by Gasteiger charge is 2.27. The molecule has 2 aromatic carbocycles. The van der Waals surface area contributed by atoms with Gasteiger partial charge < -0.3 is 9.80 Å². The molecule has 0 spiro atoms. The summed E-state index contributed by atoms with van der Waals surface area (Å²) in [7, 11) is 0. The van der Waals surface area contributed by atoms with Crippen molar-refractivity contribution in [2.75, 3.05) is 26.2 Å². The molecule has 136 valence electrons. The fraction of sp³-hybridized carbons (Fsp3) is 0.222. The summed E-state index contributed by atoms with van der Waals surface area (Å²) >= 11 is 12.0. The Balaban J connectivity index is 1.67. The zero-order valence-corrected chi connectivity index (χ0v) is 15.0. The molecule has 1 fully saturated rings. The molecule has 1 saturated heterocycles. The molecule has 0 bridgehead atoms. The predicted octanol–water partition coefficient (Wildman–Crippen LogP) is 3.87. The average Bonchev–Trinajstić information content (AvgIpc) is 2.65. The predicted molar refractivity (Wildman–Crippen MR) is 94.6 cm³/mol. The summed E-state index contributed by atoms with van der Waals surface area (Å²) < 4.78 is 26.3. The average molecular weight is 399 g/mol. The SMILES string of the molecule is O=C(c1ccc(F)c(F)c1)N1CCN(C(=O)c2cccc(Cl)c2Cl)CC1. The van der Waals surface area contributed by atoms with Crippen molar-refractivity contribution in [2.45, 2.75) is 0 Å². The molecule has 0 atom stereocenters. The lowest BCUT2D eigenvalue weighted by molar-refractivity contribution is 0.0535. The monoisotopic (exact) mass is 398 g/mol. The minimum atomic E-state index is -1.07. The number of halogens is 4. The summed E-state index contributed by atoms with van der Waals surface area (Å²) in [6.45, 7) is 1.16. The molecule has 26 heavy (non-hydrogen) atoms. The normalized spacial score (nSPS) is 14.5. The van der Waals surface area contributed by atoms with Crippen LogP contribution < -0.4 is 0 Å². The first kappa shape index (κ1) is 18.6. The van der Waals surface area contributed by atoms with Crippen LogP contribution in [0.5, 0.6) is 0 Å². The van der Waals surface area contributed by atoms with Crippen molar-refractivity contribution in [3.63, 3.8) is 0 Å². The van der Waals surface area contributed by atoms with Crippen LogP contribution in [0.1, 0.15) is 20.7 Å². The van der Waals surface area contributed by atoms with E-state index >= 15 is 0 Å². The van der Waals surface area contributed by atoms with Crippen LogP contribution in [0, 0.1) is 11.6 Å². The first-order valence-electron chi connectivity index (χ1n) is 7.86. The van der Waals surface area contributed by atoms with Gasteiger partial charge in [-0.3, -0.25) is 9.59 Å². The highest BCUT2D eigenvalue weighted by atomic mass is 35.5. The maximum Gasteiger partial charge on any atom is 0.255 e. The molecule has 2 aromatic rings. The first-order valence-corrected chi connectivity index (χ1v) is 8.61. The smallest absolute Gasteiger partial charge is 0.255 e. The molecule has 0 saturated carbocycles. The van der Waals surface area contributed by atoms with Crippen LogP contribution in [0.15, 0.2) is 36.4 Å². The summed E-state index contributed by atoms with van der Waals surface area (Å²) in [5.41, 5.74) is 0.376. The van der Waals surface area contributed by atoms with E-state index in [0.29, 0.717) is 23.7 Å². The van der Waals surface area contributed by atoms with Gasteiger partial charge in [0.2, 0.25) is 0 Å². The largest absolute Gasteiger partial charge is 0.335 e. The molecular formula is C18H14Cl2F2N2O2. The number of piperazine rings is 1. The van der Waals surface area contributed by atoms with E-state index in [1.165, 1.54) is 11.0 Å². The molecule has 1 aliphatic heterocycles. The minimum absolute atomic E-state index is 0.0709. The molecule has 0 unspecified atom stereocenters. The second-order valence-corrected chi connectivity index (χ2v) is 6.60. The molecule has 1 aliphatic rings. The van der Waals surface area contributed by atoms with Gasteiger partial charge in [0.25, 0.3) is 11.8 Å². The van der Waals surface area contributed by atoms with Crippen molar-refractivity contribution in [3.05, 3.63) is 69.2 Å². The van der Waals surface area contributed by atoms with Gasteiger partial charge in [-0.25, -0.2) is 8.78 Å². The second-order valence-electron chi connectivity index (χ2n) is 5.81. The zero-order valence-electron chi connectivity index (χ0n) is 13.5. The van der Waals surface area contributed by atoms with Gasteiger partial charge in [-0.1, -0.05) is 29.3 Å². The van der Waals surface area contributed by atoms with Gasteiger partial charge in [-0.15, -0.1) is 0 Å². The second kappa shape index (κ2) is 7.60. The van der Waals surface area contributed by atoms with E-state index in [1.54, 1.807) is 23.1 Å². The maximum atomic E-state index is 13.3. The summed E-state index contributed by atoms with van der Waals surface area (Å²) in [4.78, 5) is 28.1. The van der Waals surface area contributed by atoms with Crippen LogP contribution in [0.25, 0.3) is 0 Å². The molecule has 4 nitrogen and oxygen atoms in total. The number of carbonyl (C=O) groups excluding carboxylic acids is 2. The number of benzene rings is 2. The molecule has 2 amide bonds. The Bertz CT molecular complexity index is 868. The van der Waals surface area contributed by atoms with E-state index < -0.39 is 17.5 Å². The van der Waals surface area contributed by atoms with E-state index in [2.05, 4.69) is 0 Å². The molecule has 8 heteroatoms. The highest BCUT2D eigenvalue weighted by Crippen LogP contribution is 2.27. The van der Waals surface area contributed by atoms with Gasteiger partial charge in [-0.05, 0) is 30.3 Å². The van der Waals surface area contributed by atoms with Gasteiger partial charge in [0, 0.05) is 31.7 Å². The number of hydrogen-bond donors (Lipinski definition) is 0. The Morgan fingerprint density at radius 2 is 1.46 bits per heavy atom. The number of amides is 2. The lowest BCUT2D eigenvalue weighted by Crippen LogP contribution is -2.50. The van der Waals surface area contributed by atoms with Crippen LogP contribution in [-0.4, -0.2) is 47.8 Å². The first-order chi connectivity index (χ1) is 12.4. The molecule has 0 aromatic heterocycles. The van der Waals surface area contributed by atoms with Gasteiger partial charge in [0.1, 0.15) is 0 Å². The fourth-order valence-corrected chi connectivity index (χ4v) is 3.15. The third-order valence-corrected chi connectivity index (χ3v) is 5.02. The number of nitrogens with zero attached hydrogens (tertiary/aromatic N) is 2. The van der Waals surface area contributed by atoms with Crippen LogP contribution in [0.4, 0.5) is 8.78 Å². The Kier molecular flexibility index (Phi) is 5.44. The van der Waals surface area contributed by atoms with Crippen molar-refractivity contribution in [3.8, 4) is 0 Å². The van der Waals surface area contributed by atoms with Crippen LogP contribution in [-0.2, 0) is 0 Å². The van der Waals surface area contributed by atoms with E-state index in [4.69, 9.17) is 23.2 Å². The van der Waals surface area contributed by atoms with Gasteiger partial charge in [-0.2, -0.15) is 0 Å². The number of rotatable bonds is 2. The molecule has 0 radical (unpaired) electrons. The summed E-state index contributed by atoms with van der Waals surface area (Å²) in [5, 5.41) is 0.490. The van der Waals surface area contributed by atoms with Crippen LogP contribution >= 0.6 is 23.2 Å². The van der Waals surface area contributed by atoms with E-state index in [1.807, 2.05) is 0 Å². The van der Waals surface area contributed by atoms with Crippen molar-refractivity contribution >= 4 is 35.0 Å². The molecular weight excluding hydrogens is 385 g/mol. The summed E-state index contributed by atoms with van der Waals surface area (Å²) in [6, 6.07) is 7.87. The van der Waals surface area contributed by atoms with Crippen molar-refractivity contribution in [2.24, 2.45) is 0 Å². The lowest BCUT2D eigenvalue weighted by Gasteiger charge is -2.35. The van der Waals surface area contributed by atoms with E-state index in [9.17, 15) is 18.4 Å². The third-order valence-electron chi connectivity index (χ3n) is 4.20. The Labute approximate surface area is 158 Å². The quantitative estimate of drug-likeness (QED) is 0.770. The van der Waals surface area contributed by atoms with E-state index in [0.717, 1.165) is 12.1 Å². The Morgan fingerprint density at radius 1 is 0.846 bits per heavy atom. The molecule has 1 heterocycles. The third kappa shape index (κ3) is 3.66. The van der Waals surface area contributed by atoms with Crippen molar-refractivity contribution < 1.29 is 18.4 Å². The maximum absolute atomic E-state index is 13.3. The molecule has 0 aliphatic carbocycles. The Hall–Kier alpha value is -2.18.